The van der Waals surface area contributed by atoms with Crippen LogP contribution in [0.2, 0.25) is 0 Å². The predicted octanol–water partition coefficient (Wildman–Crippen LogP) is 2.09. The van der Waals surface area contributed by atoms with Crippen LogP contribution in [0.15, 0.2) is 18.2 Å². The van der Waals surface area contributed by atoms with Crippen LogP contribution in [0.3, 0.4) is 0 Å². The zero-order valence-electron chi connectivity index (χ0n) is 9.75. The average molecular weight is 235 g/mol. The van der Waals surface area contributed by atoms with Crippen molar-refractivity contribution >= 4 is 16.8 Å². The lowest BCUT2D eigenvalue weighted by atomic mass is 10.2. The minimum atomic E-state index is -0.378. The summed E-state index contributed by atoms with van der Waals surface area (Å²) in [6.07, 6.45) is 0. The Bertz CT molecular complexity index is 548. The van der Waals surface area contributed by atoms with Crippen molar-refractivity contribution in [1.29, 1.82) is 0 Å². The first-order chi connectivity index (χ1) is 8.08. The SMILES string of the molecule is CC(C)CNC(=O)c1n[nH]c2ccc(F)cc12. The molecule has 0 aliphatic heterocycles. The molecule has 0 fully saturated rings. The molecule has 0 saturated carbocycles. The lowest BCUT2D eigenvalue weighted by Gasteiger charge is -2.05. The Morgan fingerprint density at radius 1 is 1.53 bits per heavy atom. The Kier molecular flexibility index (Phi) is 3.08. The van der Waals surface area contributed by atoms with Gasteiger partial charge in [0.1, 0.15) is 5.82 Å². The number of nitrogens with one attached hydrogen (secondary N) is 2. The van der Waals surface area contributed by atoms with Gasteiger partial charge in [-0.1, -0.05) is 13.8 Å². The lowest BCUT2D eigenvalue weighted by molar-refractivity contribution is 0.0945. The Morgan fingerprint density at radius 3 is 3.00 bits per heavy atom. The van der Waals surface area contributed by atoms with Gasteiger partial charge in [0.05, 0.1) is 5.52 Å². The number of benzene rings is 1. The van der Waals surface area contributed by atoms with E-state index >= 15 is 0 Å². The number of fused-ring (bicyclic) bond motifs is 1. The van der Waals surface area contributed by atoms with Crippen molar-refractivity contribution in [2.24, 2.45) is 5.92 Å². The third kappa shape index (κ3) is 2.43. The molecule has 0 bridgehead atoms. The van der Waals surface area contributed by atoms with E-state index in [1.807, 2.05) is 13.8 Å². The van der Waals surface area contributed by atoms with Crippen LogP contribution in [-0.2, 0) is 0 Å². The summed E-state index contributed by atoms with van der Waals surface area (Å²) in [6, 6.07) is 4.20. The molecule has 0 unspecified atom stereocenters. The molecule has 1 heterocycles. The summed E-state index contributed by atoms with van der Waals surface area (Å²) < 4.78 is 13.1. The Morgan fingerprint density at radius 2 is 2.29 bits per heavy atom. The van der Waals surface area contributed by atoms with Gasteiger partial charge in [-0.25, -0.2) is 4.39 Å². The van der Waals surface area contributed by atoms with Gasteiger partial charge in [-0.2, -0.15) is 5.10 Å². The maximum absolute atomic E-state index is 13.1. The molecule has 0 spiro atoms. The zero-order chi connectivity index (χ0) is 12.4. The van der Waals surface area contributed by atoms with E-state index in [1.54, 1.807) is 6.07 Å². The van der Waals surface area contributed by atoms with Crippen LogP contribution in [0.25, 0.3) is 10.9 Å². The minimum Gasteiger partial charge on any atom is -0.350 e. The molecule has 0 aliphatic carbocycles. The van der Waals surface area contributed by atoms with Gasteiger partial charge in [0, 0.05) is 11.9 Å². The van der Waals surface area contributed by atoms with E-state index in [-0.39, 0.29) is 17.4 Å². The van der Waals surface area contributed by atoms with Crippen molar-refractivity contribution < 1.29 is 9.18 Å². The number of aromatic amines is 1. The number of hydrogen-bond acceptors (Lipinski definition) is 2. The number of H-pyrrole nitrogens is 1. The summed E-state index contributed by atoms with van der Waals surface area (Å²) >= 11 is 0. The highest BCUT2D eigenvalue weighted by Gasteiger charge is 2.14. The minimum absolute atomic E-state index is 0.236. The van der Waals surface area contributed by atoms with Crippen LogP contribution < -0.4 is 5.32 Å². The van der Waals surface area contributed by atoms with Gasteiger partial charge in [-0.3, -0.25) is 9.89 Å². The van der Waals surface area contributed by atoms with E-state index in [2.05, 4.69) is 15.5 Å². The van der Waals surface area contributed by atoms with E-state index in [0.29, 0.717) is 23.4 Å². The van der Waals surface area contributed by atoms with Crippen molar-refractivity contribution in [2.75, 3.05) is 6.54 Å². The van der Waals surface area contributed by atoms with Gasteiger partial charge in [0.15, 0.2) is 5.69 Å². The van der Waals surface area contributed by atoms with Crippen LogP contribution in [-0.4, -0.2) is 22.6 Å². The van der Waals surface area contributed by atoms with Gasteiger partial charge in [0.25, 0.3) is 5.91 Å². The van der Waals surface area contributed by atoms with Gasteiger partial charge in [0.2, 0.25) is 0 Å². The number of nitrogens with zero attached hydrogens (tertiary/aromatic N) is 1. The van der Waals surface area contributed by atoms with E-state index in [4.69, 9.17) is 0 Å². The maximum Gasteiger partial charge on any atom is 0.272 e. The molecule has 2 rings (SSSR count). The number of aromatic nitrogens is 2. The predicted molar refractivity (Wildman–Crippen MR) is 63.2 cm³/mol. The van der Waals surface area contributed by atoms with Gasteiger partial charge >= 0.3 is 0 Å². The van der Waals surface area contributed by atoms with Gasteiger partial charge in [-0.05, 0) is 24.1 Å². The molecule has 0 saturated heterocycles. The van der Waals surface area contributed by atoms with E-state index in [1.165, 1.54) is 12.1 Å². The summed E-state index contributed by atoms with van der Waals surface area (Å²) in [7, 11) is 0. The number of rotatable bonds is 3. The molecular formula is C12H14FN3O. The second-order valence-corrected chi connectivity index (χ2v) is 4.37. The fraction of sp³-hybridized carbons (Fsp3) is 0.333. The summed E-state index contributed by atoms with van der Waals surface area (Å²) in [6.45, 7) is 4.58. The van der Waals surface area contributed by atoms with Gasteiger partial charge < -0.3 is 5.32 Å². The largest absolute Gasteiger partial charge is 0.350 e. The molecule has 2 N–H and O–H groups in total. The molecule has 4 nitrogen and oxygen atoms in total. The van der Waals surface area contributed by atoms with Crippen molar-refractivity contribution in [3.63, 3.8) is 0 Å². The summed E-state index contributed by atoms with van der Waals surface area (Å²) in [5.41, 5.74) is 0.890. The topological polar surface area (TPSA) is 57.8 Å². The fourth-order valence-corrected chi connectivity index (χ4v) is 1.54. The molecule has 0 atom stereocenters. The summed E-state index contributed by atoms with van der Waals surface area (Å²) in [5.74, 6) is -0.298. The molecule has 2 aromatic rings. The van der Waals surface area contributed by atoms with Crippen molar-refractivity contribution in [3.05, 3.63) is 29.7 Å². The van der Waals surface area contributed by atoms with Gasteiger partial charge in [-0.15, -0.1) is 0 Å². The molecule has 17 heavy (non-hydrogen) atoms. The fourth-order valence-electron chi connectivity index (χ4n) is 1.54. The Hall–Kier alpha value is -1.91. The van der Waals surface area contributed by atoms with E-state index in [9.17, 15) is 9.18 Å². The molecule has 0 radical (unpaired) electrons. The highest BCUT2D eigenvalue weighted by Crippen LogP contribution is 2.16. The van der Waals surface area contributed by atoms with Crippen LogP contribution in [0.5, 0.6) is 0 Å². The second kappa shape index (κ2) is 4.53. The molecule has 5 heteroatoms. The van der Waals surface area contributed by atoms with Crippen molar-refractivity contribution in [2.45, 2.75) is 13.8 Å². The van der Waals surface area contributed by atoms with E-state index < -0.39 is 0 Å². The quantitative estimate of drug-likeness (QED) is 0.855. The highest BCUT2D eigenvalue weighted by atomic mass is 19.1. The third-order valence-electron chi connectivity index (χ3n) is 2.41. The number of hydrogen-bond donors (Lipinski definition) is 2. The monoisotopic (exact) mass is 235 g/mol. The third-order valence-corrected chi connectivity index (χ3v) is 2.41. The standard InChI is InChI=1S/C12H14FN3O/c1-7(2)6-14-12(17)11-9-5-8(13)3-4-10(9)15-16-11/h3-5,7H,6H2,1-2H3,(H,14,17)(H,15,16). The number of carbonyl (C=O) groups is 1. The van der Waals surface area contributed by atoms with Crippen LogP contribution >= 0.6 is 0 Å². The second-order valence-electron chi connectivity index (χ2n) is 4.37. The first-order valence-corrected chi connectivity index (χ1v) is 5.49. The molecule has 1 aromatic heterocycles. The lowest BCUT2D eigenvalue weighted by Crippen LogP contribution is -2.27. The molecular weight excluding hydrogens is 221 g/mol. The Balaban J connectivity index is 2.29. The average Bonchev–Trinajstić information content (AvgIpc) is 2.68. The zero-order valence-corrected chi connectivity index (χ0v) is 9.75. The van der Waals surface area contributed by atoms with Crippen molar-refractivity contribution in [1.82, 2.24) is 15.5 Å². The van der Waals surface area contributed by atoms with Crippen LogP contribution in [0, 0.1) is 11.7 Å². The van der Waals surface area contributed by atoms with Crippen LogP contribution in [0.4, 0.5) is 4.39 Å². The smallest absolute Gasteiger partial charge is 0.272 e. The number of amides is 1. The van der Waals surface area contributed by atoms with Crippen LogP contribution in [0.1, 0.15) is 24.3 Å². The highest BCUT2D eigenvalue weighted by molar-refractivity contribution is 6.04. The van der Waals surface area contributed by atoms with Crippen molar-refractivity contribution in [3.8, 4) is 0 Å². The number of halogens is 1. The van der Waals surface area contributed by atoms with E-state index in [0.717, 1.165) is 0 Å². The normalized spacial score (nSPS) is 11.1. The first kappa shape index (κ1) is 11.6. The molecule has 1 amide bonds. The summed E-state index contributed by atoms with van der Waals surface area (Å²) in [5, 5.41) is 9.88. The Labute approximate surface area is 98.2 Å². The maximum atomic E-state index is 13.1. The first-order valence-electron chi connectivity index (χ1n) is 5.49. The molecule has 1 aromatic carbocycles. The molecule has 90 valence electrons. The summed E-state index contributed by atoms with van der Waals surface area (Å²) in [4.78, 5) is 11.8. The molecule has 0 aliphatic rings. The number of carbonyl (C=O) groups excluding carboxylic acids is 1.